The molecule has 1 aromatic heterocycles. The maximum Gasteiger partial charge on any atom is 0.329 e. The van der Waals surface area contributed by atoms with Crippen LogP contribution >= 0.6 is 11.3 Å². The number of carbonyl (C=O) groups excluding carboxylic acids is 1. The van der Waals surface area contributed by atoms with Gasteiger partial charge in [-0.1, -0.05) is 19.8 Å². The second-order valence-corrected chi connectivity index (χ2v) is 5.63. The van der Waals surface area contributed by atoms with Crippen LogP contribution in [0.1, 0.15) is 42.3 Å². The van der Waals surface area contributed by atoms with E-state index in [9.17, 15) is 14.7 Å². The molecular weight excluding hydrogens is 252 g/mol. The van der Waals surface area contributed by atoms with Crippen LogP contribution in [-0.4, -0.2) is 27.5 Å². The number of nitrogens with zero attached hydrogens (tertiary/aromatic N) is 1. The highest BCUT2D eigenvalue weighted by molar-refractivity contribution is 7.11. The molecule has 2 atom stereocenters. The Morgan fingerprint density at radius 2 is 2.33 bits per heavy atom. The second kappa shape index (κ2) is 5.06. The van der Waals surface area contributed by atoms with Gasteiger partial charge >= 0.3 is 5.97 Å². The summed E-state index contributed by atoms with van der Waals surface area (Å²) in [5, 5.41) is 12.2. The van der Waals surface area contributed by atoms with E-state index in [0.717, 1.165) is 19.3 Å². The molecule has 5 nitrogen and oxygen atoms in total. The molecule has 98 valence electrons. The molecule has 2 rings (SSSR count). The number of amides is 1. The van der Waals surface area contributed by atoms with Crippen LogP contribution in [0, 0.1) is 5.92 Å². The van der Waals surface area contributed by atoms with Crippen molar-refractivity contribution in [3.63, 3.8) is 0 Å². The first kappa shape index (κ1) is 13.0. The fourth-order valence-corrected chi connectivity index (χ4v) is 3.01. The number of aliphatic carboxylic acids is 1. The number of rotatable bonds is 3. The van der Waals surface area contributed by atoms with Crippen LogP contribution in [0.15, 0.2) is 11.7 Å². The minimum atomic E-state index is -1.13. The Hall–Kier alpha value is -1.43. The highest BCUT2D eigenvalue weighted by Crippen LogP contribution is 2.34. The summed E-state index contributed by atoms with van der Waals surface area (Å²) < 4.78 is 0. The summed E-state index contributed by atoms with van der Waals surface area (Å²) in [5.41, 5.74) is 0.436. The van der Waals surface area contributed by atoms with E-state index in [1.807, 2.05) is 6.92 Å². The first-order chi connectivity index (χ1) is 8.56. The van der Waals surface area contributed by atoms with Gasteiger partial charge in [0.2, 0.25) is 0 Å². The monoisotopic (exact) mass is 268 g/mol. The van der Waals surface area contributed by atoms with Gasteiger partial charge in [-0.2, -0.15) is 0 Å². The zero-order valence-electron chi connectivity index (χ0n) is 10.2. The van der Waals surface area contributed by atoms with Crippen LogP contribution in [-0.2, 0) is 4.79 Å². The lowest BCUT2D eigenvalue weighted by molar-refractivity contribution is -0.148. The first-order valence-electron chi connectivity index (χ1n) is 6.00. The largest absolute Gasteiger partial charge is 0.479 e. The molecule has 0 spiro atoms. The summed E-state index contributed by atoms with van der Waals surface area (Å²) in [6, 6.07) is 0. The van der Waals surface area contributed by atoms with Gasteiger partial charge < -0.3 is 10.4 Å². The van der Waals surface area contributed by atoms with Crippen molar-refractivity contribution in [2.75, 3.05) is 0 Å². The second-order valence-electron chi connectivity index (χ2n) is 4.74. The third kappa shape index (κ3) is 2.25. The Kier molecular flexibility index (Phi) is 3.65. The van der Waals surface area contributed by atoms with E-state index in [2.05, 4.69) is 10.3 Å². The molecule has 1 amide bonds. The van der Waals surface area contributed by atoms with Gasteiger partial charge in [-0.05, 0) is 18.8 Å². The number of carbonyl (C=O) groups is 2. The number of carboxylic acid groups (broad SMARTS) is 1. The van der Waals surface area contributed by atoms with E-state index < -0.39 is 11.5 Å². The van der Waals surface area contributed by atoms with Crippen LogP contribution in [0.4, 0.5) is 0 Å². The summed E-state index contributed by atoms with van der Waals surface area (Å²) in [5.74, 6) is -1.33. The van der Waals surface area contributed by atoms with E-state index in [0.29, 0.717) is 11.3 Å². The number of hydrogen-bond donors (Lipinski definition) is 2. The SMILES string of the molecule is CC1CCCCC1(NC(=O)c1cncs1)C(=O)O. The van der Waals surface area contributed by atoms with Crippen LogP contribution in [0.25, 0.3) is 0 Å². The van der Waals surface area contributed by atoms with Gasteiger partial charge in [-0.3, -0.25) is 9.78 Å². The van der Waals surface area contributed by atoms with Crippen molar-refractivity contribution in [1.82, 2.24) is 10.3 Å². The molecule has 2 unspecified atom stereocenters. The fraction of sp³-hybridized carbons (Fsp3) is 0.583. The molecule has 1 heterocycles. The number of nitrogens with one attached hydrogen (secondary N) is 1. The quantitative estimate of drug-likeness (QED) is 0.877. The number of thiazole rings is 1. The van der Waals surface area contributed by atoms with E-state index in [4.69, 9.17) is 0 Å². The lowest BCUT2D eigenvalue weighted by atomic mass is 9.73. The van der Waals surface area contributed by atoms with Gasteiger partial charge in [-0.15, -0.1) is 11.3 Å². The Morgan fingerprint density at radius 3 is 2.89 bits per heavy atom. The van der Waals surface area contributed by atoms with Crippen molar-refractivity contribution in [3.8, 4) is 0 Å². The maximum atomic E-state index is 12.0. The Balaban J connectivity index is 2.21. The molecule has 1 aliphatic rings. The molecule has 6 heteroatoms. The molecule has 1 saturated carbocycles. The minimum absolute atomic E-state index is 0.0550. The molecule has 0 saturated heterocycles. The molecule has 1 fully saturated rings. The molecular formula is C12H16N2O3S. The number of aromatic nitrogens is 1. The number of hydrogen-bond acceptors (Lipinski definition) is 4. The average molecular weight is 268 g/mol. The Labute approximate surface area is 109 Å². The van der Waals surface area contributed by atoms with Gasteiger partial charge in [0.1, 0.15) is 10.4 Å². The highest BCUT2D eigenvalue weighted by Gasteiger charge is 2.46. The predicted octanol–water partition coefficient (Wildman–Crippen LogP) is 1.91. The molecule has 18 heavy (non-hydrogen) atoms. The van der Waals surface area contributed by atoms with Crippen molar-refractivity contribution >= 4 is 23.2 Å². The number of carboxylic acids is 1. The summed E-state index contributed by atoms with van der Waals surface area (Å²) in [6.07, 6.45) is 4.64. The van der Waals surface area contributed by atoms with Crippen molar-refractivity contribution in [2.24, 2.45) is 5.92 Å². The zero-order chi connectivity index (χ0) is 13.2. The third-order valence-electron chi connectivity index (χ3n) is 3.67. The molecule has 0 bridgehead atoms. The maximum absolute atomic E-state index is 12.0. The van der Waals surface area contributed by atoms with E-state index >= 15 is 0 Å². The Morgan fingerprint density at radius 1 is 1.56 bits per heavy atom. The van der Waals surface area contributed by atoms with Crippen LogP contribution in [0.2, 0.25) is 0 Å². The summed E-state index contributed by atoms with van der Waals surface area (Å²) in [4.78, 5) is 27.9. The molecule has 0 aliphatic heterocycles. The molecule has 1 aliphatic carbocycles. The van der Waals surface area contributed by atoms with Crippen LogP contribution in [0.5, 0.6) is 0 Å². The van der Waals surface area contributed by atoms with Gasteiger partial charge in [0.15, 0.2) is 0 Å². The van der Waals surface area contributed by atoms with Crippen molar-refractivity contribution in [3.05, 3.63) is 16.6 Å². The van der Waals surface area contributed by atoms with Gasteiger partial charge in [-0.25, -0.2) is 4.79 Å². The topological polar surface area (TPSA) is 79.3 Å². The molecule has 0 aromatic carbocycles. The van der Waals surface area contributed by atoms with E-state index in [-0.39, 0.29) is 11.8 Å². The molecule has 1 aromatic rings. The van der Waals surface area contributed by atoms with Crippen LogP contribution in [0.3, 0.4) is 0 Å². The first-order valence-corrected chi connectivity index (χ1v) is 6.88. The lowest BCUT2D eigenvalue weighted by Crippen LogP contribution is -2.59. The highest BCUT2D eigenvalue weighted by atomic mass is 32.1. The summed E-state index contributed by atoms with van der Waals surface area (Å²) in [6.45, 7) is 1.89. The summed E-state index contributed by atoms with van der Waals surface area (Å²) in [7, 11) is 0. The summed E-state index contributed by atoms with van der Waals surface area (Å²) >= 11 is 1.22. The molecule has 0 radical (unpaired) electrons. The van der Waals surface area contributed by atoms with Crippen molar-refractivity contribution < 1.29 is 14.7 Å². The fourth-order valence-electron chi connectivity index (χ4n) is 2.50. The average Bonchev–Trinajstić information content (AvgIpc) is 2.85. The third-order valence-corrected chi connectivity index (χ3v) is 4.45. The van der Waals surface area contributed by atoms with E-state index in [1.165, 1.54) is 17.5 Å². The van der Waals surface area contributed by atoms with Gasteiger partial charge in [0.25, 0.3) is 5.91 Å². The van der Waals surface area contributed by atoms with Crippen molar-refractivity contribution in [1.29, 1.82) is 0 Å². The molecule has 2 N–H and O–H groups in total. The standard InChI is InChI=1S/C12H16N2O3S/c1-8-4-2-3-5-12(8,11(16)17)14-10(15)9-6-13-7-18-9/h6-8H,2-5H2,1H3,(H,14,15)(H,16,17). The van der Waals surface area contributed by atoms with Gasteiger partial charge in [0.05, 0.1) is 11.7 Å². The smallest absolute Gasteiger partial charge is 0.329 e. The zero-order valence-corrected chi connectivity index (χ0v) is 11.0. The van der Waals surface area contributed by atoms with E-state index in [1.54, 1.807) is 5.51 Å². The normalized spacial score (nSPS) is 27.7. The predicted molar refractivity (Wildman–Crippen MR) is 67.6 cm³/mol. The Bertz CT molecular complexity index is 446. The van der Waals surface area contributed by atoms with Crippen LogP contribution < -0.4 is 5.32 Å². The van der Waals surface area contributed by atoms with Gasteiger partial charge in [0, 0.05) is 0 Å². The lowest BCUT2D eigenvalue weighted by Gasteiger charge is -2.39. The minimum Gasteiger partial charge on any atom is -0.479 e. The van der Waals surface area contributed by atoms with Crippen molar-refractivity contribution in [2.45, 2.75) is 38.1 Å².